The van der Waals surface area contributed by atoms with Crippen LogP contribution in [0.5, 0.6) is 0 Å². The lowest BCUT2D eigenvalue weighted by Crippen LogP contribution is -2.07. The van der Waals surface area contributed by atoms with E-state index < -0.39 is 0 Å². The Hall–Kier alpha value is -2.20. The highest BCUT2D eigenvalue weighted by Crippen LogP contribution is 2.29. The van der Waals surface area contributed by atoms with Crippen LogP contribution < -0.4 is 0 Å². The van der Waals surface area contributed by atoms with Gasteiger partial charge in [-0.1, -0.05) is 48.0 Å². The van der Waals surface area contributed by atoms with Gasteiger partial charge in [0.2, 0.25) is 0 Å². The van der Waals surface area contributed by atoms with E-state index in [0.29, 0.717) is 26.4 Å². The van der Waals surface area contributed by atoms with Crippen LogP contribution in [0.1, 0.15) is 22.3 Å². The second-order valence-electron chi connectivity index (χ2n) is 7.05. The van der Waals surface area contributed by atoms with Crippen LogP contribution >= 0.6 is 0 Å². The van der Waals surface area contributed by atoms with E-state index in [4.69, 9.17) is 14.6 Å². The Morgan fingerprint density at radius 2 is 1.52 bits per heavy atom. The second kappa shape index (κ2) is 9.14. The molecule has 3 nitrogen and oxygen atoms in total. The van der Waals surface area contributed by atoms with Gasteiger partial charge in [-0.25, -0.2) is 0 Å². The molecule has 0 aliphatic rings. The number of aryl methyl sites for hydroxylation is 3. The third kappa shape index (κ3) is 4.95. The minimum atomic E-state index is 0.0500. The smallest absolute Gasteiger partial charge is 0.0720 e. The maximum Gasteiger partial charge on any atom is 0.0720 e. The van der Waals surface area contributed by atoms with Crippen LogP contribution in [0.15, 0.2) is 48.5 Å². The van der Waals surface area contributed by atoms with Gasteiger partial charge in [-0.2, -0.15) is 0 Å². The van der Waals surface area contributed by atoms with Crippen LogP contribution in [0.4, 0.5) is 0 Å². The monoisotopic (exact) mass is 364 g/mol. The minimum absolute atomic E-state index is 0.0500. The summed E-state index contributed by atoms with van der Waals surface area (Å²) in [6.07, 6.45) is 0. The third-order valence-electron chi connectivity index (χ3n) is 4.86. The summed E-state index contributed by atoms with van der Waals surface area (Å²) >= 11 is 0. The predicted molar refractivity (Wildman–Crippen MR) is 111 cm³/mol. The van der Waals surface area contributed by atoms with Gasteiger partial charge in [-0.05, 0) is 65.4 Å². The molecule has 0 aromatic heterocycles. The molecule has 0 fully saturated rings. The standard InChI is InChI=1S/C24H28O3/c1-17-4-7-24-19(3)14-22(15-23(24)12-17)20-5-6-21(18(2)13-20)16-27-11-10-26-9-8-25/h4-7,12-15,25H,8-11,16H2,1-3H3. The predicted octanol–water partition coefficient (Wildman–Crippen LogP) is 4.96. The largest absolute Gasteiger partial charge is 0.394 e. The summed E-state index contributed by atoms with van der Waals surface area (Å²) in [7, 11) is 0. The molecule has 0 bridgehead atoms. The lowest BCUT2D eigenvalue weighted by molar-refractivity contribution is 0.0273. The summed E-state index contributed by atoms with van der Waals surface area (Å²) in [5, 5.41) is 11.3. The van der Waals surface area contributed by atoms with Gasteiger partial charge >= 0.3 is 0 Å². The van der Waals surface area contributed by atoms with Crippen LogP contribution in [-0.4, -0.2) is 31.5 Å². The van der Waals surface area contributed by atoms with Gasteiger partial charge in [0.15, 0.2) is 0 Å². The zero-order chi connectivity index (χ0) is 19.2. The summed E-state index contributed by atoms with van der Waals surface area (Å²) in [6.45, 7) is 8.46. The van der Waals surface area contributed by atoms with Gasteiger partial charge in [0.25, 0.3) is 0 Å². The molecule has 0 radical (unpaired) electrons. The fourth-order valence-electron chi connectivity index (χ4n) is 3.35. The SMILES string of the molecule is Cc1ccc2c(C)cc(-c3ccc(COCCOCCO)c(C)c3)cc2c1. The maximum absolute atomic E-state index is 8.68. The Bertz CT molecular complexity index is 915. The van der Waals surface area contributed by atoms with E-state index in [9.17, 15) is 0 Å². The van der Waals surface area contributed by atoms with Crippen LogP contribution in [0, 0.1) is 20.8 Å². The van der Waals surface area contributed by atoms with E-state index in [-0.39, 0.29) is 6.61 Å². The van der Waals surface area contributed by atoms with Crippen LogP contribution in [0.3, 0.4) is 0 Å². The van der Waals surface area contributed by atoms with E-state index in [1.165, 1.54) is 44.2 Å². The van der Waals surface area contributed by atoms with Crippen molar-refractivity contribution >= 4 is 10.8 Å². The number of hydrogen-bond acceptors (Lipinski definition) is 3. The molecule has 0 heterocycles. The summed E-state index contributed by atoms with van der Waals surface area (Å²) in [4.78, 5) is 0. The van der Waals surface area contributed by atoms with Crippen LogP contribution in [-0.2, 0) is 16.1 Å². The Morgan fingerprint density at radius 3 is 2.30 bits per heavy atom. The lowest BCUT2D eigenvalue weighted by Gasteiger charge is -2.12. The number of benzene rings is 3. The number of fused-ring (bicyclic) bond motifs is 1. The van der Waals surface area contributed by atoms with Crippen LogP contribution in [0.2, 0.25) is 0 Å². The highest BCUT2D eigenvalue weighted by atomic mass is 16.5. The first kappa shape index (κ1) is 19.6. The molecule has 0 unspecified atom stereocenters. The van der Waals surface area contributed by atoms with Crippen molar-refractivity contribution in [3.8, 4) is 11.1 Å². The van der Waals surface area contributed by atoms with E-state index in [1.807, 2.05) is 0 Å². The molecule has 1 N–H and O–H groups in total. The van der Waals surface area contributed by atoms with Crippen LogP contribution in [0.25, 0.3) is 21.9 Å². The molecule has 27 heavy (non-hydrogen) atoms. The summed E-state index contributed by atoms with van der Waals surface area (Å²) in [5.41, 5.74) is 7.48. The van der Waals surface area contributed by atoms with E-state index in [0.717, 1.165) is 0 Å². The average Bonchev–Trinajstić information content (AvgIpc) is 2.65. The number of aliphatic hydroxyl groups is 1. The molecule has 0 amide bonds. The molecule has 3 aromatic rings. The molecular weight excluding hydrogens is 336 g/mol. The number of rotatable bonds is 8. The normalized spacial score (nSPS) is 11.3. The Morgan fingerprint density at radius 1 is 0.741 bits per heavy atom. The molecule has 3 heteroatoms. The zero-order valence-corrected chi connectivity index (χ0v) is 16.4. The van der Waals surface area contributed by atoms with Crippen molar-refractivity contribution < 1.29 is 14.6 Å². The first-order chi connectivity index (χ1) is 13.1. The summed E-state index contributed by atoms with van der Waals surface area (Å²) < 4.78 is 10.9. The van der Waals surface area contributed by atoms with E-state index in [1.54, 1.807) is 0 Å². The van der Waals surface area contributed by atoms with Crippen molar-refractivity contribution in [1.29, 1.82) is 0 Å². The van der Waals surface area contributed by atoms with Crippen molar-refractivity contribution in [2.24, 2.45) is 0 Å². The summed E-state index contributed by atoms with van der Waals surface area (Å²) in [6, 6.07) is 17.7. The molecule has 142 valence electrons. The highest BCUT2D eigenvalue weighted by molar-refractivity contribution is 5.90. The quantitative estimate of drug-likeness (QED) is 0.574. The van der Waals surface area contributed by atoms with Gasteiger partial charge in [0.05, 0.1) is 33.0 Å². The topological polar surface area (TPSA) is 38.7 Å². The van der Waals surface area contributed by atoms with Crippen molar-refractivity contribution in [2.75, 3.05) is 26.4 Å². The first-order valence-corrected chi connectivity index (χ1v) is 9.46. The van der Waals surface area contributed by atoms with Gasteiger partial charge in [-0.15, -0.1) is 0 Å². The lowest BCUT2D eigenvalue weighted by atomic mass is 9.95. The highest BCUT2D eigenvalue weighted by Gasteiger charge is 2.06. The molecule has 0 spiro atoms. The van der Waals surface area contributed by atoms with Gasteiger partial charge in [0.1, 0.15) is 0 Å². The Labute approximate surface area is 161 Å². The number of hydrogen-bond donors (Lipinski definition) is 1. The van der Waals surface area contributed by atoms with Crippen molar-refractivity contribution in [3.05, 3.63) is 70.8 Å². The molecule has 0 aliphatic heterocycles. The van der Waals surface area contributed by atoms with Crippen molar-refractivity contribution in [2.45, 2.75) is 27.4 Å². The Balaban J connectivity index is 1.74. The molecule has 3 rings (SSSR count). The first-order valence-electron chi connectivity index (χ1n) is 9.46. The van der Waals surface area contributed by atoms with E-state index in [2.05, 4.69) is 69.3 Å². The second-order valence-corrected chi connectivity index (χ2v) is 7.05. The molecule has 3 aromatic carbocycles. The van der Waals surface area contributed by atoms with Gasteiger partial charge < -0.3 is 14.6 Å². The minimum Gasteiger partial charge on any atom is -0.394 e. The van der Waals surface area contributed by atoms with Crippen molar-refractivity contribution in [3.63, 3.8) is 0 Å². The molecule has 0 atom stereocenters. The Kier molecular flexibility index (Phi) is 6.62. The number of aliphatic hydroxyl groups excluding tert-OH is 1. The summed E-state index contributed by atoms with van der Waals surface area (Å²) in [5.74, 6) is 0. The molecular formula is C24H28O3. The third-order valence-corrected chi connectivity index (χ3v) is 4.86. The molecule has 0 aliphatic carbocycles. The zero-order valence-electron chi connectivity index (χ0n) is 16.4. The molecule has 0 saturated heterocycles. The van der Waals surface area contributed by atoms with Crippen molar-refractivity contribution in [1.82, 2.24) is 0 Å². The van der Waals surface area contributed by atoms with Gasteiger partial charge in [0, 0.05) is 0 Å². The molecule has 0 saturated carbocycles. The number of ether oxygens (including phenoxy) is 2. The average molecular weight is 364 g/mol. The maximum atomic E-state index is 8.68. The van der Waals surface area contributed by atoms with Gasteiger partial charge in [-0.3, -0.25) is 0 Å². The van der Waals surface area contributed by atoms with E-state index >= 15 is 0 Å². The fourth-order valence-corrected chi connectivity index (χ4v) is 3.35. The fraction of sp³-hybridized carbons (Fsp3) is 0.333.